The van der Waals surface area contributed by atoms with Crippen LogP contribution in [-0.2, 0) is 21.3 Å². The van der Waals surface area contributed by atoms with Crippen LogP contribution in [0.2, 0.25) is 5.02 Å². The lowest BCUT2D eigenvalue weighted by Gasteiger charge is -2.28. The zero-order valence-corrected chi connectivity index (χ0v) is 19.4. The monoisotopic (exact) mass is 485 g/mol. The molecule has 0 aromatic heterocycles. The molecule has 0 spiro atoms. The van der Waals surface area contributed by atoms with Crippen molar-refractivity contribution in [3.8, 4) is 0 Å². The number of hydrogen-bond acceptors (Lipinski definition) is 5. The number of amides is 1. The van der Waals surface area contributed by atoms with Gasteiger partial charge in [0.1, 0.15) is 0 Å². The van der Waals surface area contributed by atoms with E-state index in [-0.39, 0.29) is 21.2 Å². The Morgan fingerprint density at radius 3 is 2.36 bits per heavy atom. The molecule has 0 radical (unpaired) electrons. The van der Waals surface area contributed by atoms with E-state index in [4.69, 9.17) is 16.3 Å². The molecule has 172 valence electrons. The van der Waals surface area contributed by atoms with Crippen molar-refractivity contribution in [3.63, 3.8) is 0 Å². The van der Waals surface area contributed by atoms with Crippen molar-refractivity contribution < 1.29 is 17.9 Å². The SMILES string of the molecule is O=C(NCc1ccc(N2CCOCC2)cc1)c1cc(NS(=O)(=O)c2ccccc2)ccc1Cl. The summed E-state index contributed by atoms with van der Waals surface area (Å²) >= 11 is 6.21. The van der Waals surface area contributed by atoms with Gasteiger partial charge in [-0.25, -0.2) is 8.42 Å². The molecule has 1 fully saturated rings. The Morgan fingerprint density at radius 2 is 1.67 bits per heavy atom. The topological polar surface area (TPSA) is 87.7 Å². The second kappa shape index (κ2) is 10.2. The van der Waals surface area contributed by atoms with Gasteiger partial charge in [-0.2, -0.15) is 0 Å². The highest BCUT2D eigenvalue weighted by Gasteiger charge is 2.17. The number of nitrogens with zero attached hydrogens (tertiary/aromatic N) is 1. The van der Waals surface area contributed by atoms with E-state index in [2.05, 4.69) is 14.9 Å². The van der Waals surface area contributed by atoms with Gasteiger partial charge in [-0.05, 0) is 48.0 Å². The minimum atomic E-state index is -3.77. The Bertz CT molecular complexity index is 1210. The van der Waals surface area contributed by atoms with E-state index in [1.165, 1.54) is 30.3 Å². The number of benzene rings is 3. The van der Waals surface area contributed by atoms with E-state index in [9.17, 15) is 13.2 Å². The van der Waals surface area contributed by atoms with Crippen LogP contribution >= 0.6 is 11.6 Å². The van der Waals surface area contributed by atoms with Crippen LogP contribution in [0.15, 0.2) is 77.7 Å². The van der Waals surface area contributed by atoms with Crippen LogP contribution in [0.5, 0.6) is 0 Å². The van der Waals surface area contributed by atoms with Gasteiger partial charge >= 0.3 is 0 Å². The Balaban J connectivity index is 1.41. The van der Waals surface area contributed by atoms with E-state index in [1.807, 2.05) is 24.3 Å². The van der Waals surface area contributed by atoms with Crippen LogP contribution in [0, 0.1) is 0 Å². The molecule has 1 aliphatic rings. The number of sulfonamides is 1. The molecule has 3 aromatic rings. The lowest BCUT2D eigenvalue weighted by molar-refractivity contribution is 0.0951. The molecular weight excluding hydrogens is 462 g/mol. The molecule has 0 unspecified atom stereocenters. The molecule has 0 atom stereocenters. The number of hydrogen-bond donors (Lipinski definition) is 2. The van der Waals surface area contributed by atoms with E-state index in [0.29, 0.717) is 6.54 Å². The Kier molecular flexibility index (Phi) is 7.17. The van der Waals surface area contributed by atoms with Crippen molar-refractivity contribution in [2.24, 2.45) is 0 Å². The van der Waals surface area contributed by atoms with Crippen LogP contribution < -0.4 is 14.9 Å². The first-order chi connectivity index (χ1) is 15.9. The number of carbonyl (C=O) groups excluding carboxylic acids is 1. The van der Waals surface area contributed by atoms with Gasteiger partial charge in [-0.15, -0.1) is 0 Å². The summed E-state index contributed by atoms with van der Waals surface area (Å²) in [5.41, 5.74) is 2.50. The molecule has 1 aliphatic heterocycles. The lowest BCUT2D eigenvalue weighted by atomic mass is 10.1. The van der Waals surface area contributed by atoms with E-state index in [0.717, 1.165) is 37.6 Å². The van der Waals surface area contributed by atoms with E-state index in [1.54, 1.807) is 18.2 Å². The highest BCUT2D eigenvalue weighted by molar-refractivity contribution is 7.92. The molecule has 0 bridgehead atoms. The maximum Gasteiger partial charge on any atom is 0.261 e. The highest BCUT2D eigenvalue weighted by atomic mass is 35.5. The van der Waals surface area contributed by atoms with Gasteiger partial charge in [0.2, 0.25) is 0 Å². The molecule has 7 nitrogen and oxygen atoms in total. The van der Waals surface area contributed by atoms with Crippen LogP contribution in [-0.4, -0.2) is 40.6 Å². The van der Waals surface area contributed by atoms with Crippen molar-refractivity contribution in [2.45, 2.75) is 11.4 Å². The van der Waals surface area contributed by atoms with Gasteiger partial charge in [0, 0.05) is 31.0 Å². The molecule has 0 aliphatic carbocycles. The molecule has 2 N–H and O–H groups in total. The van der Waals surface area contributed by atoms with Crippen LogP contribution in [0.4, 0.5) is 11.4 Å². The number of carbonyl (C=O) groups is 1. The van der Waals surface area contributed by atoms with Crippen LogP contribution in [0.25, 0.3) is 0 Å². The number of rotatable bonds is 7. The smallest absolute Gasteiger partial charge is 0.261 e. The second-order valence-corrected chi connectivity index (χ2v) is 9.65. The van der Waals surface area contributed by atoms with Gasteiger partial charge < -0.3 is 15.0 Å². The summed E-state index contributed by atoms with van der Waals surface area (Å²) in [6, 6.07) is 20.4. The standard InChI is InChI=1S/C24H24ClN3O4S/c25-23-11-8-19(27-33(30,31)21-4-2-1-3-5-21)16-22(23)24(29)26-17-18-6-9-20(10-7-18)28-12-14-32-15-13-28/h1-11,16,27H,12-15,17H2,(H,26,29). The normalized spacial score (nSPS) is 14.0. The van der Waals surface area contributed by atoms with Gasteiger partial charge in [-0.1, -0.05) is 41.9 Å². The third-order valence-electron chi connectivity index (χ3n) is 5.28. The first kappa shape index (κ1) is 23.1. The van der Waals surface area contributed by atoms with Crippen molar-refractivity contribution in [3.05, 3.63) is 88.9 Å². The maximum absolute atomic E-state index is 12.7. The van der Waals surface area contributed by atoms with Gasteiger partial charge in [-0.3, -0.25) is 9.52 Å². The summed E-state index contributed by atoms with van der Waals surface area (Å²) in [7, 11) is -3.77. The van der Waals surface area contributed by atoms with Crippen molar-refractivity contribution in [1.82, 2.24) is 5.32 Å². The number of halogens is 1. The summed E-state index contributed by atoms with van der Waals surface area (Å²) in [6.07, 6.45) is 0. The maximum atomic E-state index is 12.7. The molecule has 4 rings (SSSR count). The van der Waals surface area contributed by atoms with Crippen LogP contribution in [0.3, 0.4) is 0 Å². The summed E-state index contributed by atoms with van der Waals surface area (Å²) in [5.74, 6) is -0.391. The average Bonchev–Trinajstić information content (AvgIpc) is 2.85. The second-order valence-electron chi connectivity index (χ2n) is 7.56. The van der Waals surface area contributed by atoms with E-state index >= 15 is 0 Å². The highest BCUT2D eigenvalue weighted by Crippen LogP contribution is 2.23. The molecule has 1 amide bonds. The molecule has 0 saturated carbocycles. The summed E-state index contributed by atoms with van der Waals surface area (Å²) in [5, 5.41) is 3.08. The number of morpholine rings is 1. The van der Waals surface area contributed by atoms with Crippen molar-refractivity contribution in [2.75, 3.05) is 35.9 Å². The number of nitrogens with one attached hydrogen (secondary N) is 2. The number of ether oxygens (including phenoxy) is 1. The van der Waals surface area contributed by atoms with E-state index < -0.39 is 15.9 Å². The summed E-state index contributed by atoms with van der Waals surface area (Å²) < 4.78 is 33.0. The molecule has 1 saturated heterocycles. The third-order valence-corrected chi connectivity index (χ3v) is 7.01. The molecule has 9 heteroatoms. The quantitative estimate of drug-likeness (QED) is 0.530. The zero-order valence-electron chi connectivity index (χ0n) is 17.8. The fourth-order valence-electron chi connectivity index (χ4n) is 3.50. The number of anilines is 2. The predicted octanol–water partition coefficient (Wildman–Crippen LogP) is 3.91. The first-order valence-electron chi connectivity index (χ1n) is 10.5. The fraction of sp³-hybridized carbons (Fsp3) is 0.208. The Hall–Kier alpha value is -3.07. The minimum absolute atomic E-state index is 0.131. The zero-order chi connectivity index (χ0) is 23.3. The van der Waals surface area contributed by atoms with Crippen molar-refractivity contribution >= 4 is 38.9 Å². The summed E-state index contributed by atoms with van der Waals surface area (Å²) in [6.45, 7) is 3.48. The largest absolute Gasteiger partial charge is 0.378 e. The van der Waals surface area contributed by atoms with Crippen LogP contribution in [0.1, 0.15) is 15.9 Å². The average molecular weight is 486 g/mol. The van der Waals surface area contributed by atoms with Crippen molar-refractivity contribution in [1.29, 1.82) is 0 Å². The lowest BCUT2D eigenvalue weighted by Crippen LogP contribution is -2.36. The van der Waals surface area contributed by atoms with Gasteiger partial charge in [0.15, 0.2) is 0 Å². The van der Waals surface area contributed by atoms with Gasteiger partial charge in [0.25, 0.3) is 15.9 Å². The fourth-order valence-corrected chi connectivity index (χ4v) is 4.77. The molecule has 1 heterocycles. The molecule has 33 heavy (non-hydrogen) atoms. The molecule has 3 aromatic carbocycles. The Labute approximate surface area is 198 Å². The molecular formula is C24H24ClN3O4S. The summed E-state index contributed by atoms with van der Waals surface area (Å²) in [4.78, 5) is 15.1. The first-order valence-corrected chi connectivity index (χ1v) is 12.4. The Morgan fingerprint density at radius 1 is 0.970 bits per heavy atom. The predicted molar refractivity (Wildman–Crippen MR) is 129 cm³/mol. The van der Waals surface area contributed by atoms with Gasteiger partial charge in [0.05, 0.1) is 28.7 Å². The third kappa shape index (κ3) is 5.84. The minimum Gasteiger partial charge on any atom is -0.378 e.